The zero-order valence-corrected chi connectivity index (χ0v) is 12.6. The molecule has 6 nitrogen and oxygen atoms in total. The van der Waals surface area contributed by atoms with E-state index in [1.54, 1.807) is 32.0 Å². The first-order valence-corrected chi connectivity index (χ1v) is 8.13. The van der Waals surface area contributed by atoms with Gasteiger partial charge in [-0.2, -0.15) is 0 Å². The summed E-state index contributed by atoms with van der Waals surface area (Å²) in [7, 11) is -3.32. The van der Waals surface area contributed by atoms with E-state index in [0.717, 1.165) is 6.26 Å². The third-order valence-corrected chi connectivity index (χ3v) is 3.19. The summed E-state index contributed by atoms with van der Waals surface area (Å²) in [5.41, 5.74) is 1.79. The van der Waals surface area contributed by atoms with Crippen LogP contribution in [0.5, 0.6) is 0 Å². The molecule has 7 heteroatoms. The lowest BCUT2D eigenvalue weighted by molar-refractivity contribution is -0.116. The zero-order chi connectivity index (χ0) is 15.3. The lowest BCUT2D eigenvalue weighted by Crippen LogP contribution is -2.14. The molecule has 0 aliphatic carbocycles. The molecule has 1 rings (SSSR count). The summed E-state index contributed by atoms with van der Waals surface area (Å²) in [6.45, 7) is 3.38. The third kappa shape index (κ3) is 6.03. The summed E-state index contributed by atoms with van der Waals surface area (Å²) >= 11 is 0. The van der Waals surface area contributed by atoms with Gasteiger partial charge in [-0.25, -0.2) is 8.42 Å². The van der Waals surface area contributed by atoms with Crippen molar-refractivity contribution in [3.8, 4) is 0 Å². The van der Waals surface area contributed by atoms with Crippen molar-refractivity contribution in [3.63, 3.8) is 0 Å². The molecule has 1 amide bonds. The van der Waals surface area contributed by atoms with E-state index in [2.05, 4.69) is 10.0 Å². The van der Waals surface area contributed by atoms with Crippen molar-refractivity contribution >= 4 is 27.3 Å². The molecule has 1 unspecified atom stereocenters. The minimum Gasteiger partial charge on any atom is -0.393 e. The summed E-state index contributed by atoms with van der Waals surface area (Å²) in [5, 5.41) is 11.8. The van der Waals surface area contributed by atoms with Gasteiger partial charge in [0, 0.05) is 12.1 Å². The Morgan fingerprint density at radius 1 is 1.40 bits per heavy atom. The van der Waals surface area contributed by atoms with Gasteiger partial charge < -0.3 is 10.4 Å². The lowest BCUT2D eigenvalue weighted by atomic mass is 10.1. The van der Waals surface area contributed by atoms with Crippen molar-refractivity contribution in [2.45, 2.75) is 32.8 Å². The third-order valence-electron chi connectivity index (χ3n) is 2.59. The molecule has 112 valence electrons. The first-order valence-electron chi connectivity index (χ1n) is 6.24. The van der Waals surface area contributed by atoms with Crippen LogP contribution in [0.25, 0.3) is 0 Å². The van der Waals surface area contributed by atoms with Crippen LogP contribution in [-0.4, -0.2) is 31.8 Å². The normalized spacial score (nSPS) is 12.8. The fraction of sp³-hybridized carbons (Fsp3) is 0.462. The van der Waals surface area contributed by atoms with E-state index in [9.17, 15) is 13.2 Å². The van der Waals surface area contributed by atoms with Crippen molar-refractivity contribution in [1.82, 2.24) is 0 Å². The van der Waals surface area contributed by atoms with Crippen molar-refractivity contribution < 1.29 is 18.3 Å². The van der Waals surface area contributed by atoms with Gasteiger partial charge in [-0.05, 0) is 44.0 Å². The second kappa shape index (κ2) is 6.71. The van der Waals surface area contributed by atoms with Gasteiger partial charge in [0.25, 0.3) is 0 Å². The van der Waals surface area contributed by atoms with Crippen LogP contribution in [0, 0.1) is 6.92 Å². The second-order valence-corrected chi connectivity index (χ2v) is 6.59. The van der Waals surface area contributed by atoms with E-state index in [4.69, 9.17) is 5.11 Å². The van der Waals surface area contributed by atoms with Crippen LogP contribution >= 0.6 is 0 Å². The zero-order valence-electron chi connectivity index (χ0n) is 11.8. The number of aliphatic hydroxyl groups excluding tert-OH is 1. The highest BCUT2D eigenvalue weighted by Crippen LogP contribution is 2.20. The summed E-state index contributed by atoms with van der Waals surface area (Å²) in [6, 6.07) is 4.91. The van der Waals surface area contributed by atoms with Crippen LogP contribution in [0.15, 0.2) is 18.2 Å². The predicted octanol–water partition coefficient (Wildman–Crippen LogP) is 1.47. The van der Waals surface area contributed by atoms with E-state index in [1.807, 2.05) is 0 Å². The smallest absolute Gasteiger partial charge is 0.229 e. The number of aliphatic hydroxyl groups is 1. The van der Waals surface area contributed by atoms with Crippen LogP contribution in [0.3, 0.4) is 0 Å². The fourth-order valence-electron chi connectivity index (χ4n) is 1.62. The SMILES string of the molecule is Cc1cc(NC(=O)CCC(C)O)ccc1NS(C)(=O)=O. The summed E-state index contributed by atoms with van der Waals surface area (Å²) < 4.78 is 24.7. The number of nitrogens with one attached hydrogen (secondary N) is 2. The summed E-state index contributed by atoms with van der Waals surface area (Å²) in [5.74, 6) is -0.186. The molecule has 1 aromatic rings. The van der Waals surface area contributed by atoms with Gasteiger partial charge >= 0.3 is 0 Å². The number of sulfonamides is 1. The molecule has 0 radical (unpaired) electrons. The first kappa shape index (κ1) is 16.5. The molecule has 0 saturated carbocycles. The Kier molecular flexibility index (Phi) is 5.52. The number of carbonyl (C=O) groups excluding carboxylic acids is 1. The first-order chi connectivity index (χ1) is 9.17. The van der Waals surface area contributed by atoms with Crippen LogP contribution in [-0.2, 0) is 14.8 Å². The second-order valence-electron chi connectivity index (χ2n) is 4.84. The lowest BCUT2D eigenvalue weighted by Gasteiger charge is -2.11. The highest BCUT2D eigenvalue weighted by molar-refractivity contribution is 7.92. The number of aryl methyl sites for hydroxylation is 1. The highest BCUT2D eigenvalue weighted by atomic mass is 32.2. The topological polar surface area (TPSA) is 95.5 Å². The van der Waals surface area contributed by atoms with Gasteiger partial charge in [-0.1, -0.05) is 0 Å². The Balaban J connectivity index is 2.70. The van der Waals surface area contributed by atoms with Crippen molar-refractivity contribution in [2.75, 3.05) is 16.3 Å². The van der Waals surface area contributed by atoms with Gasteiger partial charge in [0.1, 0.15) is 0 Å². The summed E-state index contributed by atoms with van der Waals surface area (Å²) in [4.78, 5) is 11.6. The molecule has 0 aliphatic heterocycles. The maximum Gasteiger partial charge on any atom is 0.229 e. The Hall–Kier alpha value is -1.60. The molecule has 1 atom stereocenters. The molecular formula is C13H20N2O4S. The van der Waals surface area contributed by atoms with E-state index in [0.29, 0.717) is 23.4 Å². The highest BCUT2D eigenvalue weighted by Gasteiger charge is 2.08. The Morgan fingerprint density at radius 3 is 2.55 bits per heavy atom. The van der Waals surface area contributed by atoms with Crippen molar-refractivity contribution in [2.24, 2.45) is 0 Å². The monoisotopic (exact) mass is 300 g/mol. The molecule has 0 aromatic heterocycles. The standard InChI is InChI=1S/C13H20N2O4S/c1-9-8-11(14-13(17)7-4-10(2)16)5-6-12(9)15-20(3,18)19/h5-6,8,10,15-16H,4,7H2,1-3H3,(H,14,17). The van der Waals surface area contributed by atoms with Gasteiger partial charge in [-0.3, -0.25) is 9.52 Å². The van der Waals surface area contributed by atoms with E-state index >= 15 is 0 Å². The van der Waals surface area contributed by atoms with Crippen molar-refractivity contribution in [3.05, 3.63) is 23.8 Å². The van der Waals surface area contributed by atoms with Crippen LogP contribution in [0.1, 0.15) is 25.3 Å². The number of amides is 1. The number of rotatable bonds is 6. The maximum atomic E-state index is 11.6. The molecule has 3 N–H and O–H groups in total. The predicted molar refractivity (Wildman–Crippen MR) is 79.2 cm³/mol. The molecule has 0 saturated heterocycles. The van der Waals surface area contributed by atoms with Crippen LogP contribution in [0.2, 0.25) is 0 Å². The van der Waals surface area contributed by atoms with E-state index in [-0.39, 0.29) is 12.3 Å². The van der Waals surface area contributed by atoms with Crippen molar-refractivity contribution in [1.29, 1.82) is 0 Å². The molecule has 20 heavy (non-hydrogen) atoms. The number of anilines is 2. The largest absolute Gasteiger partial charge is 0.393 e. The number of hydrogen-bond acceptors (Lipinski definition) is 4. The quantitative estimate of drug-likeness (QED) is 0.741. The average molecular weight is 300 g/mol. The van der Waals surface area contributed by atoms with Crippen LogP contribution in [0.4, 0.5) is 11.4 Å². The Morgan fingerprint density at radius 2 is 2.05 bits per heavy atom. The molecule has 1 aromatic carbocycles. The van der Waals surface area contributed by atoms with Gasteiger partial charge in [-0.15, -0.1) is 0 Å². The molecule has 0 fully saturated rings. The molecule has 0 heterocycles. The Labute approximate surface area is 119 Å². The average Bonchev–Trinajstić information content (AvgIpc) is 2.28. The molecular weight excluding hydrogens is 280 g/mol. The van der Waals surface area contributed by atoms with Gasteiger partial charge in [0.2, 0.25) is 15.9 Å². The fourth-order valence-corrected chi connectivity index (χ4v) is 2.25. The minimum absolute atomic E-state index is 0.186. The van der Waals surface area contributed by atoms with Crippen LogP contribution < -0.4 is 10.0 Å². The van der Waals surface area contributed by atoms with Gasteiger partial charge in [0.05, 0.1) is 18.0 Å². The molecule has 0 bridgehead atoms. The van der Waals surface area contributed by atoms with E-state index in [1.165, 1.54) is 0 Å². The number of carbonyl (C=O) groups is 1. The Bertz CT molecular complexity index is 582. The molecule has 0 aliphatic rings. The molecule has 0 spiro atoms. The minimum atomic E-state index is -3.32. The number of hydrogen-bond donors (Lipinski definition) is 3. The van der Waals surface area contributed by atoms with Gasteiger partial charge in [0.15, 0.2) is 0 Å². The summed E-state index contributed by atoms with van der Waals surface area (Å²) in [6.07, 6.45) is 1.21. The number of benzene rings is 1. The van der Waals surface area contributed by atoms with E-state index < -0.39 is 16.1 Å². The maximum absolute atomic E-state index is 11.6.